The monoisotopic (exact) mass is 375 g/mol. The lowest BCUT2D eigenvalue weighted by atomic mass is 10.0. The summed E-state index contributed by atoms with van der Waals surface area (Å²) in [7, 11) is 0. The molecule has 0 spiro atoms. The summed E-state index contributed by atoms with van der Waals surface area (Å²) in [6.07, 6.45) is 3.34. The predicted octanol–water partition coefficient (Wildman–Crippen LogP) is 3.70. The van der Waals surface area contributed by atoms with Crippen LogP contribution in [-0.4, -0.2) is 37.9 Å². The zero-order chi connectivity index (χ0) is 19.1. The van der Waals surface area contributed by atoms with Crippen LogP contribution in [0.3, 0.4) is 0 Å². The first-order valence-corrected chi connectivity index (χ1v) is 10.1. The summed E-state index contributed by atoms with van der Waals surface area (Å²) in [6, 6.07) is 6.27. The van der Waals surface area contributed by atoms with Crippen molar-refractivity contribution in [3.8, 4) is 5.69 Å². The van der Waals surface area contributed by atoms with Gasteiger partial charge in [0.15, 0.2) is 0 Å². The van der Waals surface area contributed by atoms with Gasteiger partial charge in [-0.3, -0.25) is 4.79 Å². The highest BCUT2D eigenvalue weighted by Crippen LogP contribution is 2.20. The Morgan fingerprint density at radius 2 is 1.96 bits per heavy atom. The standard InChI is InChI=1S/C19H29N5OS/c1-13(2)7-6-8-16(5)20-18(25)12-26-19-21-22-23-24(19)17-10-9-14(3)15(4)11-17/h9-11,13,16H,6-8,12H2,1-5H3,(H,20,25)/t16-/m0/s1. The van der Waals surface area contributed by atoms with Gasteiger partial charge < -0.3 is 5.32 Å². The largest absolute Gasteiger partial charge is 0.353 e. The molecule has 1 N–H and O–H groups in total. The number of carbonyl (C=O) groups excluding carboxylic acids is 1. The third-order valence-corrected chi connectivity index (χ3v) is 5.25. The van der Waals surface area contributed by atoms with Crippen LogP contribution in [0.1, 0.15) is 51.2 Å². The van der Waals surface area contributed by atoms with E-state index in [1.807, 2.05) is 18.2 Å². The highest BCUT2D eigenvalue weighted by atomic mass is 32.2. The van der Waals surface area contributed by atoms with Gasteiger partial charge in [0.25, 0.3) is 0 Å². The Labute approximate surface area is 160 Å². The third kappa shape index (κ3) is 6.12. The van der Waals surface area contributed by atoms with E-state index < -0.39 is 0 Å². The van der Waals surface area contributed by atoms with E-state index in [0.717, 1.165) is 18.5 Å². The Kier molecular flexibility index (Phi) is 7.63. The molecule has 1 aromatic heterocycles. The van der Waals surface area contributed by atoms with Crippen molar-refractivity contribution in [3.63, 3.8) is 0 Å². The lowest BCUT2D eigenvalue weighted by molar-refractivity contribution is -0.119. The quantitative estimate of drug-likeness (QED) is 0.677. The number of hydrogen-bond acceptors (Lipinski definition) is 5. The van der Waals surface area contributed by atoms with Gasteiger partial charge >= 0.3 is 0 Å². The molecule has 2 aromatic rings. The van der Waals surface area contributed by atoms with Gasteiger partial charge in [-0.25, -0.2) is 0 Å². The highest BCUT2D eigenvalue weighted by Gasteiger charge is 2.13. The molecule has 6 nitrogen and oxygen atoms in total. The van der Waals surface area contributed by atoms with Crippen LogP contribution in [0.5, 0.6) is 0 Å². The average molecular weight is 376 g/mol. The van der Waals surface area contributed by atoms with Crippen LogP contribution < -0.4 is 5.32 Å². The van der Waals surface area contributed by atoms with Crippen LogP contribution >= 0.6 is 11.8 Å². The van der Waals surface area contributed by atoms with Crippen molar-refractivity contribution < 1.29 is 4.79 Å². The Morgan fingerprint density at radius 3 is 2.65 bits per heavy atom. The summed E-state index contributed by atoms with van der Waals surface area (Å²) in [4.78, 5) is 12.2. The van der Waals surface area contributed by atoms with E-state index in [-0.39, 0.29) is 11.9 Å². The van der Waals surface area contributed by atoms with Crippen molar-refractivity contribution in [1.82, 2.24) is 25.5 Å². The van der Waals surface area contributed by atoms with Crippen LogP contribution in [0.15, 0.2) is 23.4 Å². The fourth-order valence-electron chi connectivity index (χ4n) is 2.64. The van der Waals surface area contributed by atoms with Gasteiger partial charge in [0.05, 0.1) is 11.4 Å². The number of aryl methyl sites for hydroxylation is 2. The first-order valence-electron chi connectivity index (χ1n) is 9.15. The van der Waals surface area contributed by atoms with E-state index in [4.69, 9.17) is 0 Å². The van der Waals surface area contributed by atoms with E-state index in [0.29, 0.717) is 16.8 Å². The van der Waals surface area contributed by atoms with Crippen molar-refractivity contribution in [2.75, 3.05) is 5.75 Å². The number of thioether (sulfide) groups is 1. The molecule has 142 valence electrons. The van der Waals surface area contributed by atoms with Crippen molar-refractivity contribution in [1.29, 1.82) is 0 Å². The zero-order valence-electron chi connectivity index (χ0n) is 16.3. The fourth-order valence-corrected chi connectivity index (χ4v) is 3.34. The van der Waals surface area contributed by atoms with Gasteiger partial charge in [-0.15, -0.1) is 5.10 Å². The summed E-state index contributed by atoms with van der Waals surface area (Å²) in [5.74, 6) is 1.03. The fraction of sp³-hybridized carbons (Fsp3) is 0.579. The van der Waals surface area contributed by atoms with Crippen molar-refractivity contribution in [3.05, 3.63) is 29.3 Å². The summed E-state index contributed by atoms with van der Waals surface area (Å²) in [5.41, 5.74) is 3.31. The highest BCUT2D eigenvalue weighted by molar-refractivity contribution is 7.99. The van der Waals surface area contributed by atoms with Gasteiger partial charge in [-0.05, 0) is 66.8 Å². The Balaban J connectivity index is 1.87. The molecule has 1 atom stereocenters. The number of aromatic nitrogens is 4. The molecule has 0 aliphatic rings. The third-order valence-electron chi connectivity index (χ3n) is 4.33. The number of hydrogen-bond donors (Lipinski definition) is 1. The molecule has 1 amide bonds. The maximum atomic E-state index is 12.2. The Bertz CT molecular complexity index is 728. The molecule has 0 fully saturated rings. The second kappa shape index (κ2) is 9.71. The van der Waals surface area contributed by atoms with E-state index >= 15 is 0 Å². The minimum absolute atomic E-state index is 0.0154. The van der Waals surface area contributed by atoms with Gasteiger partial charge in [-0.2, -0.15) is 4.68 Å². The molecule has 1 heterocycles. The van der Waals surface area contributed by atoms with E-state index in [2.05, 4.69) is 55.5 Å². The van der Waals surface area contributed by atoms with Gasteiger partial charge in [0, 0.05) is 6.04 Å². The average Bonchev–Trinajstić information content (AvgIpc) is 3.03. The second-order valence-electron chi connectivity index (χ2n) is 7.22. The number of nitrogens with zero attached hydrogens (tertiary/aromatic N) is 4. The van der Waals surface area contributed by atoms with Crippen molar-refractivity contribution in [2.24, 2.45) is 5.92 Å². The predicted molar refractivity (Wildman–Crippen MR) is 106 cm³/mol. The molecule has 0 radical (unpaired) electrons. The van der Waals surface area contributed by atoms with Gasteiger partial charge in [-0.1, -0.05) is 44.5 Å². The topological polar surface area (TPSA) is 72.7 Å². The number of tetrazole rings is 1. The molecule has 2 rings (SSSR count). The molecule has 0 aliphatic carbocycles. The minimum Gasteiger partial charge on any atom is -0.353 e. The molecule has 7 heteroatoms. The molecular weight excluding hydrogens is 346 g/mol. The van der Waals surface area contributed by atoms with E-state index in [1.54, 1.807) is 4.68 Å². The molecule has 0 aliphatic heterocycles. The molecule has 0 bridgehead atoms. The lowest BCUT2D eigenvalue weighted by Gasteiger charge is -2.14. The number of amides is 1. The van der Waals surface area contributed by atoms with Crippen LogP contribution in [0.2, 0.25) is 0 Å². The maximum Gasteiger partial charge on any atom is 0.230 e. The summed E-state index contributed by atoms with van der Waals surface area (Å²) < 4.78 is 1.68. The van der Waals surface area contributed by atoms with Gasteiger partial charge in [0.2, 0.25) is 11.1 Å². The van der Waals surface area contributed by atoms with Crippen LogP contribution in [0.25, 0.3) is 5.69 Å². The molecule has 0 unspecified atom stereocenters. The second-order valence-corrected chi connectivity index (χ2v) is 8.17. The molecule has 0 saturated carbocycles. The zero-order valence-corrected chi connectivity index (χ0v) is 17.1. The van der Waals surface area contributed by atoms with Gasteiger partial charge in [0.1, 0.15) is 0 Å². The van der Waals surface area contributed by atoms with E-state index in [1.165, 1.54) is 29.3 Å². The summed E-state index contributed by atoms with van der Waals surface area (Å²) >= 11 is 1.35. The minimum atomic E-state index is 0.0154. The first kappa shape index (κ1) is 20.4. The Morgan fingerprint density at radius 1 is 1.19 bits per heavy atom. The van der Waals surface area contributed by atoms with Crippen LogP contribution in [0, 0.1) is 19.8 Å². The molecule has 26 heavy (non-hydrogen) atoms. The summed E-state index contributed by atoms with van der Waals surface area (Å²) in [6.45, 7) is 10.6. The molecule has 0 saturated heterocycles. The number of rotatable bonds is 9. The number of nitrogens with one attached hydrogen (secondary N) is 1. The lowest BCUT2D eigenvalue weighted by Crippen LogP contribution is -2.33. The van der Waals surface area contributed by atoms with Crippen molar-refractivity contribution >= 4 is 17.7 Å². The number of carbonyl (C=O) groups is 1. The smallest absolute Gasteiger partial charge is 0.230 e. The first-order chi connectivity index (χ1) is 12.4. The maximum absolute atomic E-state index is 12.2. The normalized spacial score (nSPS) is 12.4. The Hall–Kier alpha value is -1.89. The summed E-state index contributed by atoms with van der Waals surface area (Å²) in [5, 5.41) is 15.5. The molecule has 1 aromatic carbocycles. The molecular formula is C19H29N5OS. The van der Waals surface area contributed by atoms with Crippen molar-refractivity contribution in [2.45, 2.75) is 65.1 Å². The van der Waals surface area contributed by atoms with E-state index in [9.17, 15) is 4.79 Å². The van der Waals surface area contributed by atoms with Crippen LogP contribution in [0.4, 0.5) is 0 Å². The van der Waals surface area contributed by atoms with Crippen LogP contribution in [-0.2, 0) is 4.79 Å². The SMILES string of the molecule is Cc1ccc(-n2nnnc2SCC(=O)N[C@@H](C)CCCC(C)C)cc1C. The number of benzene rings is 1.